The standard InChI is InChI=1S/C15H21N3O2/c1-5-15(6-2,19-4)14-17-13(20-18-14)11-9-7-8-10-12(11)16-3/h7-10,16H,5-6H2,1-4H3. The van der Waals surface area contributed by atoms with E-state index in [1.54, 1.807) is 7.11 Å². The van der Waals surface area contributed by atoms with Gasteiger partial charge >= 0.3 is 0 Å². The highest BCUT2D eigenvalue weighted by molar-refractivity contribution is 5.72. The van der Waals surface area contributed by atoms with E-state index in [0.717, 1.165) is 24.1 Å². The number of ether oxygens (including phenoxy) is 1. The van der Waals surface area contributed by atoms with E-state index in [1.165, 1.54) is 0 Å². The van der Waals surface area contributed by atoms with Gasteiger partial charge < -0.3 is 14.6 Å². The molecule has 20 heavy (non-hydrogen) atoms. The second kappa shape index (κ2) is 6.05. The molecule has 1 aromatic carbocycles. The SMILES string of the molecule is CCC(CC)(OC)c1noc(-c2ccccc2NC)n1. The third-order valence-corrected chi connectivity index (χ3v) is 3.79. The van der Waals surface area contributed by atoms with Crippen LogP contribution < -0.4 is 5.32 Å². The summed E-state index contributed by atoms with van der Waals surface area (Å²) >= 11 is 0. The van der Waals surface area contributed by atoms with Crippen molar-refractivity contribution in [3.05, 3.63) is 30.1 Å². The average molecular weight is 275 g/mol. The number of para-hydroxylation sites is 1. The lowest BCUT2D eigenvalue weighted by atomic mass is 9.96. The number of rotatable bonds is 6. The van der Waals surface area contributed by atoms with Crippen molar-refractivity contribution in [3.63, 3.8) is 0 Å². The third kappa shape index (κ3) is 2.41. The first-order chi connectivity index (χ1) is 9.70. The second-order valence-corrected chi connectivity index (χ2v) is 4.62. The summed E-state index contributed by atoms with van der Waals surface area (Å²) in [5.74, 6) is 1.11. The first kappa shape index (κ1) is 14.5. The molecule has 0 aliphatic rings. The molecule has 1 aromatic heterocycles. The van der Waals surface area contributed by atoms with E-state index < -0.39 is 5.60 Å². The topological polar surface area (TPSA) is 60.2 Å². The Labute approximate surface area is 119 Å². The molecule has 0 radical (unpaired) electrons. The monoisotopic (exact) mass is 275 g/mol. The average Bonchev–Trinajstić information content (AvgIpc) is 3.00. The van der Waals surface area contributed by atoms with Crippen LogP contribution in [0, 0.1) is 0 Å². The van der Waals surface area contributed by atoms with Gasteiger partial charge in [-0.25, -0.2) is 0 Å². The van der Waals surface area contributed by atoms with Crippen LogP contribution in [0.15, 0.2) is 28.8 Å². The predicted molar refractivity (Wildman–Crippen MR) is 78.5 cm³/mol. The van der Waals surface area contributed by atoms with Gasteiger partial charge in [-0.1, -0.05) is 31.1 Å². The van der Waals surface area contributed by atoms with Crippen molar-refractivity contribution in [3.8, 4) is 11.5 Å². The van der Waals surface area contributed by atoms with Crippen molar-refractivity contribution >= 4 is 5.69 Å². The molecule has 0 bridgehead atoms. The largest absolute Gasteiger partial charge is 0.387 e. The number of nitrogens with one attached hydrogen (secondary N) is 1. The van der Waals surface area contributed by atoms with E-state index in [2.05, 4.69) is 29.3 Å². The van der Waals surface area contributed by atoms with Crippen LogP contribution in [-0.2, 0) is 10.3 Å². The molecular formula is C15H21N3O2. The van der Waals surface area contributed by atoms with Crippen molar-refractivity contribution in [2.75, 3.05) is 19.5 Å². The molecular weight excluding hydrogens is 254 g/mol. The highest BCUT2D eigenvalue weighted by Gasteiger charge is 2.34. The van der Waals surface area contributed by atoms with Crippen molar-refractivity contribution < 1.29 is 9.26 Å². The molecule has 5 nitrogen and oxygen atoms in total. The molecule has 2 aromatic rings. The van der Waals surface area contributed by atoms with Crippen LogP contribution in [0.4, 0.5) is 5.69 Å². The number of benzene rings is 1. The molecule has 1 heterocycles. The van der Waals surface area contributed by atoms with Gasteiger partial charge in [-0.15, -0.1) is 0 Å². The van der Waals surface area contributed by atoms with Gasteiger partial charge in [-0.05, 0) is 25.0 Å². The maximum absolute atomic E-state index is 5.63. The summed E-state index contributed by atoms with van der Waals surface area (Å²) in [6.45, 7) is 4.12. The van der Waals surface area contributed by atoms with Crippen LogP contribution >= 0.6 is 0 Å². The number of anilines is 1. The Bertz CT molecular complexity index is 553. The fraction of sp³-hybridized carbons (Fsp3) is 0.467. The lowest BCUT2D eigenvalue weighted by molar-refractivity contribution is -0.0306. The predicted octanol–water partition coefficient (Wildman–Crippen LogP) is 3.44. The molecule has 0 saturated heterocycles. The molecule has 1 N–H and O–H groups in total. The van der Waals surface area contributed by atoms with Crippen LogP contribution in [0.5, 0.6) is 0 Å². The van der Waals surface area contributed by atoms with E-state index in [-0.39, 0.29) is 0 Å². The van der Waals surface area contributed by atoms with E-state index in [9.17, 15) is 0 Å². The van der Waals surface area contributed by atoms with Crippen molar-refractivity contribution in [1.82, 2.24) is 10.1 Å². The maximum Gasteiger partial charge on any atom is 0.260 e. The summed E-state index contributed by atoms with van der Waals surface area (Å²) in [6, 6.07) is 7.84. The molecule has 0 fully saturated rings. The Morgan fingerprint density at radius 1 is 1.25 bits per heavy atom. The highest BCUT2D eigenvalue weighted by Crippen LogP contribution is 2.33. The summed E-state index contributed by atoms with van der Waals surface area (Å²) in [6.07, 6.45) is 1.60. The number of methoxy groups -OCH3 is 1. The molecule has 5 heteroatoms. The van der Waals surface area contributed by atoms with Gasteiger partial charge in [-0.2, -0.15) is 4.98 Å². The Balaban J connectivity index is 2.43. The van der Waals surface area contributed by atoms with Gasteiger partial charge in [0.25, 0.3) is 5.89 Å². The van der Waals surface area contributed by atoms with E-state index >= 15 is 0 Å². The number of aromatic nitrogens is 2. The fourth-order valence-electron chi connectivity index (χ4n) is 2.35. The highest BCUT2D eigenvalue weighted by atomic mass is 16.5. The zero-order valence-electron chi connectivity index (χ0n) is 12.4. The Morgan fingerprint density at radius 3 is 2.55 bits per heavy atom. The fourth-order valence-corrected chi connectivity index (χ4v) is 2.35. The molecule has 2 rings (SSSR count). The van der Waals surface area contributed by atoms with Gasteiger partial charge in [0.15, 0.2) is 0 Å². The van der Waals surface area contributed by atoms with Gasteiger partial charge in [0.2, 0.25) is 5.82 Å². The lowest BCUT2D eigenvalue weighted by Gasteiger charge is -2.25. The number of nitrogens with zero attached hydrogens (tertiary/aromatic N) is 2. The number of hydrogen-bond acceptors (Lipinski definition) is 5. The zero-order valence-corrected chi connectivity index (χ0v) is 12.4. The third-order valence-electron chi connectivity index (χ3n) is 3.79. The molecule has 0 amide bonds. The minimum atomic E-state index is -0.476. The summed E-state index contributed by atoms with van der Waals surface area (Å²) < 4.78 is 11.1. The first-order valence-corrected chi connectivity index (χ1v) is 6.87. The summed E-state index contributed by atoms with van der Waals surface area (Å²) in [5.41, 5.74) is 1.38. The van der Waals surface area contributed by atoms with Crippen molar-refractivity contribution in [2.45, 2.75) is 32.3 Å². The molecule has 108 valence electrons. The lowest BCUT2D eigenvalue weighted by Crippen LogP contribution is -2.28. The molecule has 0 spiro atoms. The molecule has 0 aliphatic carbocycles. The van der Waals surface area contributed by atoms with Gasteiger partial charge in [0.1, 0.15) is 5.60 Å². The molecule has 0 unspecified atom stereocenters. The van der Waals surface area contributed by atoms with Crippen molar-refractivity contribution in [1.29, 1.82) is 0 Å². The second-order valence-electron chi connectivity index (χ2n) is 4.62. The normalized spacial score (nSPS) is 11.6. The molecule has 0 aliphatic heterocycles. The Hall–Kier alpha value is -1.88. The first-order valence-electron chi connectivity index (χ1n) is 6.87. The minimum absolute atomic E-state index is 0.476. The minimum Gasteiger partial charge on any atom is -0.387 e. The van der Waals surface area contributed by atoms with Gasteiger partial charge in [0, 0.05) is 19.8 Å². The van der Waals surface area contributed by atoms with Crippen LogP contribution in [0.25, 0.3) is 11.5 Å². The van der Waals surface area contributed by atoms with E-state index in [4.69, 9.17) is 9.26 Å². The summed E-state index contributed by atoms with van der Waals surface area (Å²) in [7, 11) is 3.55. The zero-order chi connectivity index (χ0) is 14.6. The number of hydrogen-bond donors (Lipinski definition) is 1. The quantitative estimate of drug-likeness (QED) is 0.875. The van der Waals surface area contributed by atoms with Gasteiger partial charge in [-0.3, -0.25) is 0 Å². The van der Waals surface area contributed by atoms with Crippen LogP contribution in [0.3, 0.4) is 0 Å². The molecule has 0 atom stereocenters. The van der Waals surface area contributed by atoms with Crippen molar-refractivity contribution in [2.24, 2.45) is 0 Å². The summed E-state index contributed by atoms with van der Waals surface area (Å²) in [5, 5.41) is 7.24. The van der Waals surface area contributed by atoms with Crippen LogP contribution in [0.2, 0.25) is 0 Å². The summed E-state index contributed by atoms with van der Waals surface area (Å²) in [4.78, 5) is 4.53. The Morgan fingerprint density at radius 2 is 1.95 bits per heavy atom. The maximum atomic E-state index is 5.63. The van der Waals surface area contributed by atoms with Crippen LogP contribution in [-0.4, -0.2) is 24.3 Å². The van der Waals surface area contributed by atoms with Gasteiger partial charge in [0.05, 0.1) is 5.56 Å². The van der Waals surface area contributed by atoms with E-state index in [1.807, 2.05) is 31.3 Å². The van der Waals surface area contributed by atoms with E-state index in [0.29, 0.717) is 11.7 Å². The molecule has 0 saturated carbocycles. The smallest absolute Gasteiger partial charge is 0.260 e. The Kier molecular flexibility index (Phi) is 4.39. The van der Waals surface area contributed by atoms with Crippen LogP contribution in [0.1, 0.15) is 32.5 Å².